The molecule has 3 aromatic rings. The molecule has 0 fully saturated rings. The van der Waals surface area contributed by atoms with Crippen LogP contribution in [-0.2, 0) is 16.4 Å². The molecule has 2 N–H and O–H groups in total. The van der Waals surface area contributed by atoms with Crippen molar-refractivity contribution in [3.05, 3.63) is 114 Å². The van der Waals surface area contributed by atoms with Crippen molar-refractivity contribution in [1.82, 2.24) is 3.89 Å². The van der Waals surface area contributed by atoms with E-state index in [1.54, 1.807) is 36.4 Å². The van der Waals surface area contributed by atoms with Crippen LogP contribution >= 0.6 is 0 Å². The highest BCUT2D eigenvalue weighted by molar-refractivity contribution is 7.91. The summed E-state index contributed by atoms with van der Waals surface area (Å²) in [6.07, 6.45) is 0.253. The van der Waals surface area contributed by atoms with E-state index in [1.165, 1.54) is 6.20 Å². The van der Waals surface area contributed by atoms with E-state index < -0.39 is 25.8 Å². The number of halogens is 3. The Kier molecular flexibility index (Phi) is 6.98. The molecule has 0 saturated heterocycles. The first kappa shape index (κ1) is 24.9. The fourth-order valence-corrected chi connectivity index (χ4v) is 6.06. The lowest BCUT2D eigenvalue weighted by Gasteiger charge is -2.34. The molecule has 1 unspecified atom stereocenters. The van der Waals surface area contributed by atoms with Gasteiger partial charge in [-0.3, -0.25) is 0 Å². The Morgan fingerprint density at radius 1 is 0.886 bits per heavy atom. The number of nitrogens with zero attached hydrogens (tertiary/aromatic N) is 1. The molecule has 35 heavy (non-hydrogen) atoms. The summed E-state index contributed by atoms with van der Waals surface area (Å²) in [5, 5.41) is 0. The minimum absolute atomic E-state index is 0.0202. The van der Waals surface area contributed by atoms with Gasteiger partial charge in [-0.05, 0) is 34.8 Å². The van der Waals surface area contributed by atoms with Crippen LogP contribution in [0.25, 0.3) is 11.1 Å². The number of sulfonamides is 1. The minimum atomic E-state index is -4.86. The monoisotopic (exact) mass is 499 g/mol. The zero-order valence-electron chi connectivity index (χ0n) is 18.9. The molecule has 0 saturated carbocycles. The van der Waals surface area contributed by atoms with E-state index >= 15 is 0 Å². The Balaban J connectivity index is 1.70. The zero-order valence-corrected chi connectivity index (χ0v) is 19.8. The van der Waals surface area contributed by atoms with Gasteiger partial charge < -0.3 is 5.73 Å². The van der Waals surface area contributed by atoms with Crippen LogP contribution in [0.15, 0.2) is 103 Å². The molecule has 0 aromatic heterocycles. The van der Waals surface area contributed by atoms with Crippen molar-refractivity contribution in [1.29, 1.82) is 0 Å². The Morgan fingerprint density at radius 2 is 1.54 bits per heavy atom. The molecular weight excluding hydrogens is 473 g/mol. The number of quaternary nitrogens is 1. The van der Waals surface area contributed by atoms with Crippen molar-refractivity contribution >= 4 is 15.7 Å². The van der Waals surface area contributed by atoms with Gasteiger partial charge in [0.05, 0.1) is 0 Å². The molecule has 0 bridgehead atoms. The van der Waals surface area contributed by atoms with E-state index in [1.807, 2.05) is 54.6 Å². The van der Waals surface area contributed by atoms with Gasteiger partial charge in [-0.2, -0.15) is 25.5 Å². The summed E-state index contributed by atoms with van der Waals surface area (Å²) in [7, 11) is -4.68. The topological polar surface area (TPSA) is 60.2 Å². The summed E-state index contributed by atoms with van der Waals surface area (Å²) in [4.78, 5) is 0. The maximum Gasteiger partial charge on any atom is 0.408 e. The number of hydrogen-bond acceptors (Lipinski definition) is 3. The molecule has 4 nitrogen and oxygen atoms in total. The van der Waals surface area contributed by atoms with E-state index in [9.17, 15) is 21.6 Å². The number of nitrogens with two attached hydrogens (primary N) is 1. The third-order valence-corrected chi connectivity index (χ3v) is 8.18. The van der Waals surface area contributed by atoms with Crippen molar-refractivity contribution < 1.29 is 21.6 Å². The van der Waals surface area contributed by atoms with Crippen molar-refractivity contribution in [2.24, 2.45) is 5.73 Å². The lowest BCUT2D eigenvalue weighted by atomic mass is 9.95. The first-order valence-corrected chi connectivity index (χ1v) is 12.7. The normalized spacial score (nSPS) is 18.3. The highest BCUT2D eigenvalue weighted by Gasteiger charge is 2.50. The third-order valence-electron chi connectivity index (χ3n) is 6.03. The van der Waals surface area contributed by atoms with Gasteiger partial charge in [-0.1, -0.05) is 72.8 Å². The van der Waals surface area contributed by atoms with Crippen LogP contribution in [0, 0.1) is 0 Å². The smallest absolute Gasteiger partial charge is 0.326 e. The van der Waals surface area contributed by atoms with E-state index in [2.05, 4.69) is 0 Å². The second-order valence-electron chi connectivity index (χ2n) is 8.50. The zero-order chi connectivity index (χ0) is 25.1. The fraction of sp³-hybridized carbons (Fsp3) is 0.185. The van der Waals surface area contributed by atoms with Crippen LogP contribution in [0.2, 0.25) is 0 Å². The highest BCUT2D eigenvalue weighted by atomic mass is 32.2. The summed E-state index contributed by atoms with van der Waals surface area (Å²) in [6, 6.07) is 24.7. The maximum atomic E-state index is 13.2. The van der Waals surface area contributed by atoms with E-state index in [4.69, 9.17) is 5.73 Å². The van der Waals surface area contributed by atoms with E-state index in [0.717, 1.165) is 22.3 Å². The summed E-state index contributed by atoms with van der Waals surface area (Å²) in [5.74, 6) is -1.92. The molecular formula is C27H26F3N2O2S+. The standard InChI is InChI=1S/C27H26F3N2O2S/c28-27(29,30)20-35(33,34)32(16-6-7-22(18-31)19-32)25-14-12-21(13-15-25)17-24-10-4-5-11-26(24)23-8-2-1-3-9-23/h1-15,19H,16-18,20,31H2/q+1. The first-order valence-electron chi connectivity index (χ1n) is 11.1. The highest BCUT2D eigenvalue weighted by Crippen LogP contribution is 2.36. The first-order chi connectivity index (χ1) is 16.6. The van der Waals surface area contributed by atoms with Crippen LogP contribution < -0.4 is 9.62 Å². The quantitative estimate of drug-likeness (QED) is 0.433. The van der Waals surface area contributed by atoms with Crippen LogP contribution in [0.1, 0.15) is 11.1 Å². The van der Waals surface area contributed by atoms with Crippen molar-refractivity contribution in [2.45, 2.75) is 12.6 Å². The summed E-state index contributed by atoms with van der Waals surface area (Å²) < 4.78 is 64.9. The molecule has 1 heterocycles. The summed E-state index contributed by atoms with van der Waals surface area (Å²) in [6.45, 7) is -0.121. The van der Waals surface area contributed by atoms with Crippen LogP contribution in [-0.4, -0.2) is 33.4 Å². The molecule has 0 radical (unpaired) electrons. The third kappa shape index (κ3) is 5.40. The minimum Gasteiger partial charge on any atom is -0.326 e. The van der Waals surface area contributed by atoms with Gasteiger partial charge in [0, 0.05) is 24.3 Å². The van der Waals surface area contributed by atoms with E-state index in [-0.39, 0.29) is 18.8 Å². The molecule has 0 aliphatic carbocycles. The lowest BCUT2D eigenvalue weighted by molar-refractivity contribution is -0.106. The molecule has 1 aliphatic heterocycles. The van der Waals surface area contributed by atoms with Crippen molar-refractivity contribution in [3.8, 4) is 11.1 Å². The lowest BCUT2D eigenvalue weighted by Crippen LogP contribution is -2.54. The maximum absolute atomic E-state index is 13.2. The predicted octanol–water partition coefficient (Wildman–Crippen LogP) is 5.56. The van der Waals surface area contributed by atoms with Gasteiger partial charge in [-0.15, -0.1) is 0 Å². The Morgan fingerprint density at radius 3 is 2.20 bits per heavy atom. The van der Waals surface area contributed by atoms with Crippen LogP contribution in [0.5, 0.6) is 0 Å². The van der Waals surface area contributed by atoms with Crippen LogP contribution in [0.4, 0.5) is 18.9 Å². The molecule has 0 spiro atoms. The van der Waals surface area contributed by atoms with Gasteiger partial charge in [0.1, 0.15) is 12.7 Å². The second-order valence-corrected chi connectivity index (χ2v) is 10.6. The molecule has 3 aromatic carbocycles. The van der Waals surface area contributed by atoms with Gasteiger partial charge in [-0.25, -0.2) is 0 Å². The van der Waals surface area contributed by atoms with Gasteiger partial charge >= 0.3 is 16.2 Å². The molecule has 8 heteroatoms. The number of benzene rings is 3. The Labute approximate surface area is 203 Å². The van der Waals surface area contributed by atoms with Gasteiger partial charge in [0.15, 0.2) is 11.4 Å². The van der Waals surface area contributed by atoms with Crippen LogP contribution in [0.3, 0.4) is 0 Å². The largest absolute Gasteiger partial charge is 0.408 e. The Bertz CT molecular complexity index is 1350. The number of alkyl halides is 3. The number of rotatable bonds is 7. The van der Waals surface area contributed by atoms with Crippen molar-refractivity contribution in [3.63, 3.8) is 0 Å². The molecule has 0 amide bonds. The van der Waals surface area contributed by atoms with Gasteiger partial charge in [0.25, 0.3) is 0 Å². The Hall–Kier alpha value is -3.20. The average Bonchev–Trinajstić information content (AvgIpc) is 2.84. The SMILES string of the molecule is NCC1=C[N+](c2ccc(Cc3ccccc3-c3ccccc3)cc2)(S(=O)(=O)CC(F)(F)F)CC=C1. The van der Waals surface area contributed by atoms with Crippen molar-refractivity contribution in [2.75, 3.05) is 18.8 Å². The molecule has 1 aliphatic rings. The van der Waals surface area contributed by atoms with Gasteiger partial charge in [0.2, 0.25) is 0 Å². The summed E-state index contributed by atoms with van der Waals surface area (Å²) in [5.41, 5.74) is 10.6. The second kappa shape index (κ2) is 9.81. The van der Waals surface area contributed by atoms with E-state index in [0.29, 0.717) is 12.0 Å². The number of hydrogen-bond donors (Lipinski definition) is 1. The molecule has 182 valence electrons. The fourth-order valence-electron chi connectivity index (χ4n) is 4.36. The molecule has 4 rings (SSSR count). The summed E-state index contributed by atoms with van der Waals surface area (Å²) >= 11 is 0. The molecule has 1 atom stereocenters. The predicted molar refractivity (Wildman–Crippen MR) is 134 cm³/mol. The average molecular weight is 500 g/mol.